The van der Waals surface area contributed by atoms with E-state index in [0.717, 1.165) is 57.8 Å². The molecule has 0 aromatic heterocycles. The van der Waals surface area contributed by atoms with E-state index in [-0.39, 0.29) is 31.1 Å². The summed E-state index contributed by atoms with van der Waals surface area (Å²) in [4.78, 5) is 37.3. The van der Waals surface area contributed by atoms with Crippen molar-refractivity contribution < 1.29 is 28.6 Å². The largest absolute Gasteiger partial charge is 0.462 e. The number of unbranched alkanes of at least 4 members (excludes halogenated alkanes) is 25. The maximum atomic E-state index is 12.5. The summed E-state index contributed by atoms with van der Waals surface area (Å²) in [7, 11) is 0. The lowest BCUT2D eigenvalue weighted by molar-refractivity contribution is -0.167. The monoisotopic (exact) mass is 653 g/mol. The van der Waals surface area contributed by atoms with Gasteiger partial charge >= 0.3 is 17.9 Å². The first-order valence-electron chi connectivity index (χ1n) is 20.0. The van der Waals surface area contributed by atoms with Gasteiger partial charge in [0, 0.05) is 19.3 Å². The number of hydrogen-bond donors (Lipinski definition) is 0. The van der Waals surface area contributed by atoms with E-state index in [0.29, 0.717) is 19.3 Å². The van der Waals surface area contributed by atoms with Gasteiger partial charge in [0.25, 0.3) is 0 Å². The van der Waals surface area contributed by atoms with Crippen LogP contribution in [0, 0.1) is 0 Å². The molecule has 0 aliphatic carbocycles. The molecular formula is C40H76O6. The standard InChI is InChI=1S/C40H76O6/c1-4-7-10-13-16-18-19-20-22-25-27-30-33-39(42)45-36-37(46-40(43)34-31-28-23-15-12-9-6-3)35-44-38(41)32-29-26-24-21-17-14-11-8-5-2/h37H,4-36H2,1-3H3/t37-/m0/s1. The molecule has 0 saturated heterocycles. The molecule has 0 bridgehead atoms. The van der Waals surface area contributed by atoms with Crippen LogP contribution >= 0.6 is 0 Å². The summed E-state index contributed by atoms with van der Waals surface area (Å²) in [6.07, 6.45) is 33.8. The fraction of sp³-hybridized carbons (Fsp3) is 0.925. The predicted molar refractivity (Wildman–Crippen MR) is 192 cm³/mol. The van der Waals surface area contributed by atoms with Crippen LogP contribution in [-0.4, -0.2) is 37.2 Å². The van der Waals surface area contributed by atoms with Gasteiger partial charge in [0.15, 0.2) is 6.10 Å². The lowest BCUT2D eigenvalue weighted by Crippen LogP contribution is -2.30. The molecule has 1 atom stereocenters. The van der Waals surface area contributed by atoms with E-state index >= 15 is 0 Å². The van der Waals surface area contributed by atoms with Gasteiger partial charge in [0.2, 0.25) is 0 Å². The van der Waals surface area contributed by atoms with Crippen molar-refractivity contribution in [3.05, 3.63) is 0 Å². The normalized spacial score (nSPS) is 11.8. The molecule has 0 aliphatic heterocycles. The number of hydrogen-bond acceptors (Lipinski definition) is 6. The van der Waals surface area contributed by atoms with Crippen LogP contribution in [0.2, 0.25) is 0 Å². The maximum absolute atomic E-state index is 12.5. The van der Waals surface area contributed by atoms with Crippen molar-refractivity contribution in [1.29, 1.82) is 0 Å². The van der Waals surface area contributed by atoms with Crippen LogP contribution in [0.25, 0.3) is 0 Å². The third kappa shape index (κ3) is 33.8. The van der Waals surface area contributed by atoms with Gasteiger partial charge in [-0.05, 0) is 19.3 Å². The van der Waals surface area contributed by atoms with E-state index in [1.54, 1.807) is 0 Å². The Labute approximate surface area is 285 Å². The Hall–Kier alpha value is -1.59. The van der Waals surface area contributed by atoms with Gasteiger partial charge in [-0.2, -0.15) is 0 Å². The van der Waals surface area contributed by atoms with Gasteiger partial charge in [-0.25, -0.2) is 0 Å². The van der Waals surface area contributed by atoms with Crippen molar-refractivity contribution >= 4 is 17.9 Å². The second-order valence-electron chi connectivity index (χ2n) is 13.6. The van der Waals surface area contributed by atoms with Crippen molar-refractivity contribution in [2.24, 2.45) is 0 Å². The summed E-state index contributed by atoms with van der Waals surface area (Å²) < 4.78 is 16.5. The highest BCUT2D eigenvalue weighted by atomic mass is 16.6. The predicted octanol–water partition coefficient (Wildman–Crippen LogP) is 12.1. The maximum Gasteiger partial charge on any atom is 0.306 e. The average molecular weight is 653 g/mol. The molecule has 0 heterocycles. The Kier molecular flexibility index (Phi) is 35.0. The second-order valence-corrected chi connectivity index (χ2v) is 13.6. The Morgan fingerprint density at radius 3 is 0.870 bits per heavy atom. The number of carbonyl (C=O) groups is 3. The first kappa shape index (κ1) is 44.4. The van der Waals surface area contributed by atoms with E-state index in [2.05, 4.69) is 20.8 Å². The molecule has 0 saturated carbocycles. The van der Waals surface area contributed by atoms with Gasteiger partial charge in [-0.15, -0.1) is 0 Å². The zero-order chi connectivity index (χ0) is 33.8. The summed E-state index contributed by atoms with van der Waals surface area (Å²) in [5.41, 5.74) is 0. The Morgan fingerprint density at radius 1 is 0.348 bits per heavy atom. The molecule has 6 nitrogen and oxygen atoms in total. The number of ether oxygens (including phenoxy) is 3. The van der Waals surface area contributed by atoms with Gasteiger partial charge in [0.1, 0.15) is 13.2 Å². The SMILES string of the molecule is CCCCCCCCCCCCCCC(=O)OC[C@H](COC(=O)CCCCCCCCCCC)OC(=O)CCCCCCCCC. The molecule has 0 unspecified atom stereocenters. The third-order valence-corrected chi connectivity index (χ3v) is 8.86. The summed E-state index contributed by atoms with van der Waals surface area (Å²) in [5.74, 6) is -0.870. The molecule has 0 fully saturated rings. The molecule has 0 rings (SSSR count). The van der Waals surface area contributed by atoms with Crippen LogP contribution in [0.3, 0.4) is 0 Å². The second kappa shape index (κ2) is 36.2. The zero-order valence-electron chi connectivity index (χ0n) is 30.9. The number of carbonyl (C=O) groups excluding carboxylic acids is 3. The van der Waals surface area contributed by atoms with Gasteiger partial charge in [-0.1, -0.05) is 181 Å². The summed E-state index contributed by atoms with van der Waals surface area (Å²) in [6.45, 7) is 6.56. The molecule has 0 aliphatic rings. The van der Waals surface area contributed by atoms with Crippen LogP contribution in [0.4, 0.5) is 0 Å². The molecule has 0 radical (unpaired) electrons. The van der Waals surface area contributed by atoms with Gasteiger partial charge in [-0.3, -0.25) is 14.4 Å². The topological polar surface area (TPSA) is 78.9 Å². The smallest absolute Gasteiger partial charge is 0.306 e. The minimum atomic E-state index is -0.755. The molecule has 0 aromatic carbocycles. The molecule has 0 spiro atoms. The van der Waals surface area contributed by atoms with E-state index in [1.807, 2.05) is 0 Å². The van der Waals surface area contributed by atoms with Crippen molar-refractivity contribution in [3.63, 3.8) is 0 Å². The zero-order valence-corrected chi connectivity index (χ0v) is 30.9. The Balaban J connectivity index is 4.28. The summed E-state index contributed by atoms with van der Waals surface area (Å²) in [6, 6.07) is 0. The quantitative estimate of drug-likeness (QED) is 0.0381. The van der Waals surface area contributed by atoms with Crippen LogP contribution in [0.15, 0.2) is 0 Å². The van der Waals surface area contributed by atoms with E-state index in [4.69, 9.17) is 14.2 Å². The summed E-state index contributed by atoms with van der Waals surface area (Å²) in [5, 5.41) is 0. The average Bonchev–Trinajstić information content (AvgIpc) is 3.05. The van der Waals surface area contributed by atoms with Crippen LogP contribution in [0.5, 0.6) is 0 Å². The van der Waals surface area contributed by atoms with Gasteiger partial charge < -0.3 is 14.2 Å². The van der Waals surface area contributed by atoms with Crippen LogP contribution in [-0.2, 0) is 28.6 Å². The Morgan fingerprint density at radius 2 is 0.587 bits per heavy atom. The van der Waals surface area contributed by atoms with Crippen molar-refractivity contribution in [1.82, 2.24) is 0 Å². The molecule has 0 N–H and O–H groups in total. The molecule has 0 aromatic rings. The molecule has 46 heavy (non-hydrogen) atoms. The van der Waals surface area contributed by atoms with Crippen LogP contribution in [0.1, 0.15) is 220 Å². The van der Waals surface area contributed by atoms with Crippen molar-refractivity contribution in [2.45, 2.75) is 226 Å². The van der Waals surface area contributed by atoms with Crippen molar-refractivity contribution in [3.8, 4) is 0 Å². The lowest BCUT2D eigenvalue weighted by Gasteiger charge is -2.18. The number of rotatable bonds is 36. The molecule has 0 amide bonds. The molecular weight excluding hydrogens is 576 g/mol. The lowest BCUT2D eigenvalue weighted by atomic mass is 10.0. The van der Waals surface area contributed by atoms with E-state index < -0.39 is 6.10 Å². The van der Waals surface area contributed by atoms with Gasteiger partial charge in [0.05, 0.1) is 0 Å². The highest BCUT2D eigenvalue weighted by Gasteiger charge is 2.19. The highest BCUT2D eigenvalue weighted by molar-refractivity contribution is 5.71. The fourth-order valence-electron chi connectivity index (χ4n) is 5.79. The minimum absolute atomic E-state index is 0.0643. The van der Waals surface area contributed by atoms with E-state index in [1.165, 1.54) is 122 Å². The molecule has 6 heteroatoms. The highest BCUT2D eigenvalue weighted by Crippen LogP contribution is 2.14. The van der Waals surface area contributed by atoms with E-state index in [9.17, 15) is 14.4 Å². The van der Waals surface area contributed by atoms with Crippen LogP contribution < -0.4 is 0 Å². The third-order valence-electron chi connectivity index (χ3n) is 8.86. The molecule has 272 valence electrons. The van der Waals surface area contributed by atoms with Crippen molar-refractivity contribution in [2.75, 3.05) is 13.2 Å². The summed E-state index contributed by atoms with van der Waals surface area (Å²) >= 11 is 0. The first-order valence-corrected chi connectivity index (χ1v) is 20.0. The number of esters is 3. The Bertz CT molecular complexity index is 679. The minimum Gasteiger partial charge on any atom is -0.462 e. The fourth-order valence-corrected chi connectivity index (χ4v) is 5.79. The first-order chi connectivity index (χ1) is 22.5.